The van der Waals surface area contributed by atoms with Gasteiger partial charge >= 0.3 is 0 Å². The molecule has 0 aliphatic heterocycles. The van der Waals surface area contributed by atoms with Crippen molar-refractivity contribution in [3.8, 4) is 0 Å². The van der Waals surface area contributed by atoms with Gasteiger partial charge in [-0.15, -0.1) is 0 Å². The van der Waals surface area contributed by atoms with Crippen LogP contribution in [-0.4, -0.2) is 11.5 Å². The van der Waals surface area contributed by atoms with Crippen LogP contribution in [0.2, 0.25) is 0 Å². The molecule has 0 fully saturated rings. The van der Waals surface area contributed by atoms with Crippen LogP contribution in [0.4, 0.5) is 4.39 Å². The van der Waals surface area contributed by atoms with E-state index in [-0.39, 0.29) is 5.82 Å². The normalized spacial score (nSPS) is 11.1. The molecule has 0 atom stereocenters. The van der Waals surface area contributed by atoms with Gasteiger partial charge < -0.3 is 10.3 Å². The first kappa shape index (κ1) is 12.9. The molecule has 0 bridgehead atoms. The first-order valence-corrected chi connectivity index (χ1v) is 6.83. The van der Waals surface area contributed by atoms with E-state index in [0.29, 0.717) is 0 Å². The molecule has 0 radical (unpaired) electrons. The third kappa shape index (κ3) is 2.89. The van der Waals surface area contributed by atoms with Crippen molar-refractivity contribution >= 4 is 10.9 Å². The standard InChI is InChI=1S/C17H17FN2/c18-15-5-1-3-13(11-15)7-9-19-12-14-4-2-6-17-16(14)8-10-20-17/h1-6,8,10-11,19-20H,7,9,12H2. The van der Waals surface area contributed by atoms with E-state index in [2.05, 4.69) is 34.6 Å². The summed E-state index contributed by atoms with van der Waals surface area (Å²) in [4.78, 5) is 3.21. The Balaban J connectivity index is 1.56. The molecule has 0 saturated carbocycles. The summed E-state index contributed by atoms with van der Waals surface area (Å²) >= 11 is 0. The van der Waals surface area contributed by atoms with Crippen LogP contribution in [0.5, 0.6) is 0 Å². The number of H-pyrrole nitrogens is 1. The summed E-state index contributed by atoms with van der Waals surface area (Å²) in [6.07, 6.45) is 2.79. The second kappa shape index (κ2) is 5.88. The van der Waals surface area contributed by atoms with Crippen molar-refractivity contribution in [2.24, 2.45) is 0 Å². The predicted octanol–water partition coefficient (Wildman–Crippen LogP) is 3.64. The van der Waals surface area contributed by atoms with Crippen LogP contribution < -0.4 is 5.32 Å². The topological polar surface area (TPSA) is 27.8 Å². The van der Waals surface area contributed by atoms with Crippen molar-refractivity contribution in [3.05, 3.63) is 71.7 Å². The Morgan fingerprint density at radius 2 is 1.95 bits per heavy atom. The van der Waals surface area contributed by atoms with Crippen molar-refractivity contribution in [1.82, 2.24) is 10.3 Å². The van der Waals surface area contributed by atoms with Crippen molar-refractivity contribution in [3.63, 3.8) is 0 Å². The van der Waals surface area contributed by atoms with Gasteiger partial charge in [0.05, 0.1) is 0 Å². The molecule has 1 aromatic heterocycles. The molecule has 2 aromatic carbocycles. The van der Waals surface area contributed by atoms with Crippen LogP contribution in [0.1, 0.15) is 11.1 Å². The average Bonchev–Trinajstić information content (AvgIpc) is 2.93. The van der Waals surface area contributed by atoms with Gasteiger partial charge in [0, 0.05) is 23.6 Å². The molecule has 1 heterocycles. The maximum atomic E-state index is 13.1. The van der Waals surface area contributed by atoms with Gasteiger partial charge in [-0.1, -0.05) is 24.3 Å². The SMILES string of the molecule is Fc1cccc(CCNCc2cccc3[nH]ccc23)c1. The van der Waals surface area contributed by atoms with Crippen LogP contribution in [0.15, 0.2) is 54.7 Å². The minimum Gasteiger partial charge on any atom is -0.361 e. The zero-order valence-corrected chi connectivity index (χ0v) is 11.2. The van der Waals surface area contributed by atoms with E-state index < -0.39 is 0 Å². The largest absolute Gasteiger partial charge is 0.361 e. The summed E-state index contributed by atoms with van der Waals surface area (Å²) < 4.78 is 13.1. The smallest absolute Gasteiger partial charge is 0.123 e. The predicted molar refractivity (Wildman–Crippen MR) is 80.1 cm³/mol. The lowest BCUT2D eigenvalue weighted by Gasteiger charge is -2.06. The van der Waals surface area contributed by atoms with E-state index in [9.17, 15) is 4.39 Å². The average molecular weight is 268 g/mol. The molecule has 102 valence electrons. The van der Waals surface area contributed by atoms with Gasteiger partial charge in [-0.3, -0.25) is 0 Å². The summed E-state index contributed by atoms with van der Waals surface area (Å²) in [6.45, 7) is 1.66. The number of hydrogen-bond donors (Lipinski definition) is 2. The highest BCUT2D eigenvalue weighted by atomic mass is 19.1. The number of fused-ring (bicyclic) bond motifs is 1. The minimum absolute atomic E-state index is 0.167. The van der Waals surface area contributed by atoms with Crippen molar-refractivity contribution < 1.29 is 4.39 Å². The number of halogens is 1. The van der Waals surface area contributed by atoms with Gasteiger partial charge in [0.1, 0.15) is 5.82 Å². The molecule has 3 heteroatoms. The van der Waals surface area contributed by atoms with Gasteiger partial charge in [-0.25, -0.2) is 4.39 Å². The third-order valence-electron chi connectivity index (χ3n) is 3.48. The molecule has 3 rings (SSSR count). The fourth-order valence-electron chi connectivity index (χ4n) is 2.45. The molecule has 0 aliphatic rings. The first-order chi connectivity index (χ1) is 9.83. The zero-order valence-electron chi connectivity index (χ0n) is 11.2. The van der Waals surface area contributed by atoms with E-state index in [1.807, 2.05) is 12.3 Å². The number of aromatic amines is 1. The van der Waals surface area contributed by atoms with Gasteiger partial charge in [-0.2, -0.15) is 0 Å². The summed E-state index contributed by atoms with van der Waals surface area (Å²) in [5, 5.41) is 4.67. The Morgan fingerprint density at radius 1 is 1.05 bits per heavy atom. The van der Waals surface area contributed by atoms with E-state index in [1.165, 1.54) is 17.0 Å². The highest BCUT2D eigenvalue weighted by Crippen LogP contribution is 2.16. The lowest BCUT2D eigenvalue weighted by atomic mass is 10.1. The second-order valence-corrected chi connectivity index (χ2v) is 4.91. The second-order valence-electron chi connectivity index (χ2n) is 4.91. The van der Waals surface area contributed by atoms with Crippen LogP contribution in [-0.2, 0) is 13.0 Å². The van der Waals surface area contributed by atoms with Crippen LogP contribution in [0.25, 0.3) is 10.9 Å². The van der Waals surface area contributed by atoms with Crippen molar-refractivity contribution in [1.29, 1.82) is 0 Å². The van der Waals surface area contributed by atoms with Crippen LogP contribution >= 0.6 is 0 Å². The molecule has 20 heavy (non-hydrogen) atoms. The Morgan fingerprint density at radius 3 is 2.85 bits per heavy atom. The number of aromatic nitrogens is 1. The Hall–Kier alpha value is -2.13. The highest BCUT2D eigenvalue weighted by molar-refractivity contribution is 5.82. The highest BCUT2D eigenvalue weighted by Gasteiger charge is 2.01. The van der Waals surface area contributed by atoms with Crippen LogP contribution in [0.3, 0.4) is 0 Å². The summed E-state index contributed by atoms with van der Waals surface area (Å²) in [7, 11) is 0. The molecular formula is C17H17FN2. The molecule has 3 aromatic rings. The monoisotopic (exact) mass is 268 g/mol. The molecule has 0 saturated heterocycles. The fourth-order valence-corrected chi connectivity index (χ4v) is 2.45. The molecule has 0 unspecified atom stereocenters. The number of benzene rings is 2. The van der Waals surface area contributed by atoms with Crippen LogP contribution in [0, 0.1) is 5.82 Å². The van der Waals surface area contributed by atoms with E-state index >= 15 is 0 Å². The minimum atomic E-state index is -0.167. The third-order valence-corrected chi connectivity index (χ3v) is 3.48. The Kier molecular flexibility index (Phi) is 3.79. The first-order valence-electron chi connectivity index (χ1n) is 6.83. The van der Waals surface area contributed by atoms with E-state index in [0.717, 1.165) is 30.6 Å². The number of nitrogens with one attached hydrogen (secondary N) is 2. The quantitative estimate of drug-likeness (QED) is 0.679. The maximum absolute atomic E-state index is 13.1. The number of hydrogen-bond acceptors (Lipinski definition) is 1. The zero-order chi connectivity index (χ0) is 13.8. The van der Waals surface area contributed by atoms with Crippen molar-refractivity contribution in [2.75, 3.05) is 6.54 Å². The molecule has 2 nitrogen and oxygen atoms in total. The summed E-state index contributed by atoms with van der Waals surface area (Å²) in [6, 6.07) is 15.1. The lowest BCUT2D eigenvalue weighted by Crippen LogP contribution is -2.16. The molecular weight excluding hydrogens is 251 g/mol. The van der Waals surface area contributed by atoms with Gasteiger partial charge in [0.2, 0.25) is 0 Å². The van der Waals surface area contributed by atoms with E-state index in [1.54, 1.807) is 12.1 Å². The molecule has 0 spiro atoms. The van der Waals surface area contributed by atoms with Gasteiger partial charge in [-0.05, 0) is 48.4 Å². The van der Waals surface area contributed by atoms with Gasteiger partial charge in [0.15, 0.2) is 0 Å². The number of rotatable bonds is 5. The lowest BCUT2D eigenvalue weighted by molar-refractivity contribution is 0.622. The summed E-state index contributed by atoms with van der Waals surface area (Å²) in [5.74, 6) is -0.167. The fraction of sp³-hybridized carbons (Fsp3) is 0.176. The Labute approximate surface area is 117 Å². The molecule has 0 aliphatic carbocycles. The maximum Gasteiger partial charge on any atom is 0.123 e. The van der Waals surface area contributed by atoms with Gasteiger partial charge in [0.25, 0.3) is 0 Å². The molecule has 0 amide bonds. The summed E-state index contributed by atoms with van der Waals surface area (Å²) in [5.41, 5.74) is 3.47. The van der Waals surface area contributed by atoms with E-state index in [4.69, 9.17) is 0 Å². The van der Waals surface area contributed by atoms with Crippen molar-refractivity contribution in [2.45, 2.75) is 13.0 Å². The molecule has 2 N–H and O–H groups in total. The Bertz CT molecular complexity index is 703.